The molecule has 8 nitrogen and oxygen atoms in total. The van der Waals surface area contributed by atoms with Crippen molar-refractivity contribution in [3.05, 3.63) is 83.2 Å². The van der Waals surface area contributed by atoms with Crippen molar-refractivity contribution in [2.75, 3.05) is 7.05 Å². The Hall–Kier alpha value is -3.41. The molecule has 180 valence electrons. The van der Waals surface area contributed by atoms with E-state index in [-0.39, 0.29) is 17.8 Å². The van der Waals surface area contributed by atoms with Gasteiger partial charge in [-0.3, -0.25) is 9.20 Å². The van der Waals surface area contributed by atoms with Gasteiger partial charge in [-0.1, -0.05) is 29.0 Å². The van der Waals surface area contributed by atoms with Crippen molar-refractivity contribution in [2.45, 2.75) is 25.1 Å². The summed E-state index contributed by atoms with van der Waals surface area (Å²) in [6.45, 7) is 1.35. The van der Waals surface area contributed by atoms with Crippen LogP contribution in [0.15, 0.2) is 55.2 Å². The predicted octanol–water partition coefficient (Wildman–Crippen LogP) is 4.12. The number of hydrogen-bond donors (Lipinski definition) is 1. The molecule has 0 radical (unpaired) electrons. The van der Waals surface area contributed by atoms with Gasteiger partial charge in [-0.25, -0.2) is 23.4 Å². The van der Waals surface area contributed by atoms with Crippen LogP contribution in [0, 0.1) is 11.6 Å². The monoisotopic (exact) mass is 516 g/mol. The molecule has 1 N–H and O–H groups in total. The summed E-state index contributed by atoms with van der Waals surface area (Å²) in [7, 11) is 1.49. The maximum absolute atomic E-state index is 14.8. The highest BCUT2D eigenvalue weighted by Crippen LogP contribution is 2.33. The molecular formula is C23H19ClF2N6O2S. The van der Waals surface area contributed by atoms with Gasteiger partial charge in [-0.15, -0.1) is 0 Å². The Balaban J connectivity index is 1.51. The van der Waals surface area contributed by atoms with Gasteiger partial charge in [0, 0.05) is 29.9 Å². The highest BCUT2D eigenvalue weighted by molar-refractivity contribution is 7.23. The second-order valence-electron chi connectivity index (χ2n) is 8.23. The summed E-state index contributed by atoms with van der Waals surface area (Å²) in [4.78, 5) is 23.6. The van der Waals surface area contributed by atoms with Crippen molar-refractivity contribution in [3.8, 4) is 0 Å². The van der Waals surface area contributed by atoms with Crippen LogP contribution >= 0.6 is 22.9 Å². The first kappa shape index (κ1) is 23.3. The van der Waals surface area contributed by atoms with Crippen LogP contribution in [-0.4, -0.2) is 53.2 Å². The molecule has 0 aliphatic rings. The Labute approximate surface area is 207 Å². The van der Waals surface area contributed by atoms with Crippen molar-refractivity contribution in [1.82, 2.24) is 29.0 Å². The van der Waals surface area contributed by atoms with E-state index >= 15 is 0 Å². The number of hydrogen-bond acceptors (Lipinski definition) is 6. The van der Waals surface area contributed by atoms with E-state index in [9.17, 15) is 18.7 Å². The number of amides is 1. The zero-order valence-electron chi connectivity index (χ0n) is 18.6. The van der Waals surface area contributed by atoms with E-state index in [1.54, 1.807) is 23.6 Å². The molecule has 3 aromatic heterocycles. The second kappa shape index (κ2) is 8.67. The lowest BCUT2D eigenvalue weighted by molar-refractivity contribution is -0.0501. The minimum Gasteiger partial charge on any atom is -0.381 e. The van der Waals surface area contributed by atoms with Gasteiger partial charge in [0.2, 0.25) is 0 Å². The molecule has 0 spiro atoms. The molecule has 0 bridgehead atoms. The summed E-state index contributed by atoms with van der Waals surface area (Å²) in [5.74, 6) is -2.19. The van der Waals surface area contributed by atoms with Gasteiger partial charge < -0.3 is 10.0 Å². The molecule has 1 amide bonds. The standard InChI is InChI=1S/C23H19ClF2N6O2S/c1-13(23(34,10-31-12-27-11-28-31)16-5-4-15(25)8-17(16)26)30(2)21(33)18-9-32-19-6-3-14(24)7-20(19)35-22(32)29-18/h3-9,11-13,34H,10H2,1-2H3/t13-,23-/m1/s1. The van der Waals surface area contributed by atoms with Crippen LogP contribution in [0.4, 0.5) is 8.78 Å². The third-order valence-corrected chi connectivity index (χ3v) is 7.39. The predicted molar refractivity (Wildman–Crippen MR) is 127 cm³/mol. The molecule has 0 saturated carbocycles. The lowest BCUT2D eigenvalue weighted by Crippen LogP contribution is -2.52. The number of rotatable bonds is 6. The third-order valence-electron chi connectivity index (χ3n) is 6.13. The highest BCUT2D eigenvalue weighted by atomic mass is 35.5. The smallest absolute Gasteiger partial charge is 0.274 e. The van der Waals surface area contributed by atoms with E-state index in [1.807, 2.05) is 12.1 Å². The molecule has 0 aliphatic carbocycles. The number of benzene rings is 2. The maximum Gasteiger partial charge on any atom is 0.274 e. The van der Waals surface area contributed by atoms with Crippen molar-refractivity contribution in [2.24, 2.45) is 0 Å². The molecule has 0 fully saturated rings. The summed E-state index contributed by atoms with van der Waals surface area (Å²) < 4.78 is 32.5. The fourth-order valence-corrected chi connectivity index (χ4v) is 5.38. The number of likely N-dealkylation sites (N-methyl/N-ethyl adjacent to an activating group) is 1. The average Bonchev–Trinajstić information content (AvgIpc) is 3.53. The molecule has 0 aliphatic heterocycles. The van der Waals surface area contributed by atoms with Crippen LogP contribution in [0.1, 0.15) is 23.0 Å². The fraction of sp³-hybridized carbons (Fsp3) is 0.217. The van der Waals surface area contributed by atoms with Gasteiger partial charge in [-0.05, 0) is 31.2 Å². The first-order valence-electron chi connectivity index (χ1n) is 10.5. The van der Waals surface area contributed by atoms with E-state index in [0.29, 0.717) is 16.0 Å². The van der Waals surface area contributed by atoms with Crippen molar-refractivity contribution >= 4 is 44.0 Å². The number of carbonyl (C=O) groups is 1. The van der Waals surface area contributed by atoms with Crippen LogP contribution in [-0.2, 0) is 12.1 Å². The summed E-state index contributed by atoms with van der Waals surface area (Å²) >= 11 is 7.46. The number of carbonyl (C=O) groups excluding carboxylic acids is 1. The van der Waals surface area contributed by atoms with E-state index in [1.165, 1.54) is 46.7 Å². The number of thiazole rings is 1. The zero-order chi connectivity index (χ0) is 24.9. The van der Waals surface area contributed by atoms with Crippen LogP contribution in [0.3, 0.4) is 0 Å². The van der Waals surface area contributed by atoms with Gasteiger partial charge in [-0.2, -0.15) is 5.10 Å². The minimum absolute atomic E-state index is 0.158. The Morgan fingerprint density at radius 1 is 1.29 bits per heavy atom. The second-order valence-corrected chi connectivity index (χ2v) is 9.67. The Kier molecular flexibility index (Phi) is 5.78. The third kappa shape index (κ3) is 4.05. The molecule has 0 unspecified atom stereocenters. The molecule has 0 saturated heterocycles. The van der Waals surface area contributed by atoms with Crippen LogP contribution < -0.4 is 0 Å². The van der Waals surface area contributed by atoms with Crippen LogP contribution in [0.2, 0.25) is 5.02 Å². The van der Waals surface area contributed by atoms with E-state index in [2.05, 4.69) is 15.1 Å². The number of halogens is 3. The van der Waals surface area contributed by atoms with E-state index in [4.69, 9.17) is 11.6 Å². The first-order valence-corrected chi connectivity index (χ1v) is 11.7. The quantitative estimate of drug-likeness (QED) is 0.367. The topological polar surface area (TPSA) is 88.5 Å². The molecule has 5 aromatic rings. The molecule has 3 heterocycles. The lowest BCUT2D eigenvalue weighted by Gasteiger charge is -2.39. The lowest BCUT2D eigenvalue weighted by atomic mass is 9.85. The minimum atomic E-state index is -1.96. The maximum atomic E-state index is 14.8. The zero-order valence-corrected chi connectivity index (χ0v) is 20.1. The van der Waals surface area contributed by atoms with Gasteiger partial charge in [0.15, 0.2) is 4.96 Å². The van der Waals surface area contributed by atoms with Crippen LogP contribution in [0.25, 0.3) is 15.2 Å². The first-order chi connectivity index (χ1) is 16.7. The largest absolute Gasteiger partial charge is 0.381 e. The number of imidazole rings is 1. The van der Waals surface area contributed by atoms with Crippen molar-refractivity contribution in [1.29, 1.82) is 0 Å². The Bertz CT molecular complexity index is 1550. The SMILES string of the molecule is C[C@@H](N(C)C(=O)c1cn2c(n1)sc1cc(Cl)ccc12)[C@](O)(Cn1cncn1)c1ccc(F)cc1F. The van der Waals surface area contributed by atoms with Gasteiger partial charge in [0.05, 0.1) is 22.8 Å². The average molecular weight is 517 g/mol. The number of aliphatic hydroxyl groups is 1. The number of nitrogens with zero attached hydrogens (tertiary/aromatic N) is 6. The molecule has 35 heavy (non-hydrogen) atoms. The number of aromatic nitrogens is 5. The van der Waals surface area contributed by atoms with Gasteiger partial charge in [0.25, 0.3) is 5.91 Å². The van der Waals surface area contributed by atoms with Gasteiger partial charge in [0.1, 0.15) is 35.6 Å². The normalized spacial score (nSPS) is 14.3. The Morgan fingerprint density at radius 2 is 2.09 bits per heavy atom. The summed E-state index contributed by atoms with van der Waals surface area (Å²) in [6, 6.07) is 7.38. The van der Waals surface area contributed by atoms with Crippen LogP contribution in [0.5, 0.6) is 0 Å². The molecular weight excluding hydrogens is 498 g/mol. The van der Waals surface area contributed by atoms with Gasteiger partial charge >= 0.3 is 0 Å². The number of fused-ring (bicyclic) bond motifs is 3. The summed E-state index contributed by atoms with van der Waals surface area (Å²) in [5.41, 5.74) is -1.12. The Morgan fingerprint density at radius 3 is 2.80 bits per heavy atom. The summed E-state index contributed by atoms with van der Waals surface area (Å²) in [5, 5.41) is 16.3. The fourth-order valence-electron chi connectivity index (χ4n) is 4.10. The molecule has 2 aromatic carbocycles. The van der Waals surface area contributed by atoms with E-state index in [0.717, 1.165) is 16.3 Å². The molecule has 2 atom stereocenters. The summed E-state index contributed by atoms with van der Waals surface area (Å²) in [6.07, 6.45) is 4.25. The van der Waals surface area contributed by atoms with Crippen molar-refractivity contribution < 1.29 is 18.7 Å². The highest BCUT2D eigenvalue weighted by Gasteiger charge is 2.43. The van der Waals surface area contributed by atoms with Crippen molar-refractivity contribution in [3.63, 3.8) is 0 Å². The molecule has 5 rings (SSSR count). The van der Waals surface area contributed by atoms with E-state index < -0.39 is 29.2 Å². The molecule has 12 heteroatoms.